The van der Waals surface area contributed by atoms with Crippen LogP contribution in [0.3, 0.4) is 0 Å². The summed E-state index contributed by atoms with van der Waals surface area (Å²) >= 11 is 1.87. The molecule has 4 heteroatoms. The van der Waals surface area contributed by atoms with Crippen molar-refractivity contribution in [3.63, 3.8) is 0 Å². The number of aryl methyl sites for hydroxylation is 1. The predicted molar refractivity (Wildman–Crippen MR) is 86.6 cm³/mol. The van der Waals surface area contributed by atoms with E-state index >= 15 is 0 Å². The highest BCUT2D eigenvalue weighted by Crippen LogP contribution is 2.35. The highest BCUT2D eigenvalue weighted by Gasteiger charge is 2.18. The summed E-state index contributed by atoms with van der Waals surface area (Å²) in [6, 6.07) is 10.9. The molecule has 112 valence electrons. The molecule has 2 aromatic rings. The molecule has 21 heavy (non-hydrogen) atoms. The van der Waals surface area contributed by atoms with Crippen LogP contribution in [0.15, 0.2) is 30.3 Å². The fourth-order valence-electron chi connectivity index (χ4n) is 2.57. The molecular weight excluding hydrogens is 282 g/mol. The van der Waals surface area contributed by atoms with E-state index in [1.54, 1.807) is 0 Å². The van der Waals surface area contributed by atoms with Gasteiger partial charge in [0.1, 0.15) is 0 Å². The summed E-state index contributed by atoms with van der Waals surface area (Å²) in [4.78, 5) is 2.75. The second-order valence-corrected chi connectivity index (χ2v) is 6.34. The van der Waals surface area contributed by atoms with Crippen LogP contribution in [0.1, 0.15) is 34.7 Å². The third-order valence-corrected chi connectivity index (χ3v) is 5.00. The summed E-state index contributed by atoms with van der Waals surface area (Å²) in [6.45, 7) is 3.64. The first-order chi connectivity index (χ1) is 10.3. The molecule has 1 aliphatic rings. The molecule has 1 aromatic heterocycles. The highest BCUT2D eigenvalue weighted by atomic mass is 32.1. The van der Waals surface area contributed by atoms with Crippen LogP contribution in [0.5, 0.6) is 11.5 Å². The Hall–Kier alpha value is -1.52. The lowest BCUT2D eigenvalue weighted by Crippen LogP contribution is -2.16. The molecule has 3 nitrogen and oxygen atoms in total. The third kappa shape index (κ3) is 3.06. The zero-order chi connectivity index (χ0) is 14.7. The standard InChI is InChI=1S/C17H21NO2S/c1-3-13-6-8-16(21-13)17(18-2)12-5-7-14-15(11-12)20-10-4-9-19-14/h5-8,11,17-18H,3-4,9-10H2,1-2H3. The van der Waals surface area contributed by atoms with Gasteiger partial charge in [0.15, 0.2) is 11.5 Å². The number of fused-ring (bicyclic) bond motifs is 1. The molecule has 1 aliphatic heterocycles. The molecule has 1 N–H and O–H groups in total. The van der Waals surface area contributed by atoms with E-state index in [0.717, 1.165) is 37.6 Å². The van der Waals surface area contributed by atoms with Gasteiger partial charge in [-0.05, 0) is 43.3 Å². The lowest BCUT2D eigenvalue weighted by Gasteiger charge is -2.17. The van der Waals surface area contributed by atoms with E-state index in [2.05, 4.69) is 36.5 Å². The van der Waals surface area contributed by atoms with Gasteiger partial charge in [-0.2, -0.15) is 0 Å². The van der Waals surface area contributed by atoms with Gasteiger partial charge in [-0.1, -0.05) is 13.0 Å². The van der Waals surface area contributed by atoms with Crippen molar-refractivity contribution in [3.8, 4) is 11.5 Å². The Labute approximate surface area is 129 Å². The Morgan fingerprint density at radius 1 is 1.14 bits per heavy atom. The fourth-order valence-corrected chi connectivity index (χ4v) is 3.66. The van der Waals surface area contributed by atoms with Gasteiger partial charge in [0.05, 0.1) is 19.3 Å². The first-order valence-corrected chi connectivity index (χ1v) is 8.29. The minimum atomic E-state index is 0.201. The Bertz CT molecular complexity index is 609. The van der Waals surface area contributed by atoms with Crippen molar-refractivity contribution in [2.45, 2.75) is 25.8 Å². The van der Waals surface area contributed by atoms with E-state index < -0.39 is 0 Å². The Morgan fingerprint density at radius 2 is 1.95 bits per heavy atom. The van der Waals surface area contributed by atoms with Crippen LogP contribution < -0.4 is 14.8 Å². The average Bonchev–Trinajstić information content (AvgIpc) is 2.86. The van der Waals surface area contributed by atoms with Gasteiger partial charge < -0.3 is 14.8 Å². The van der Waals surface area contributed by atoms with Gasteiger partial charge in [0, 0.05) is 16.2 Å². The van der Waals surface area contributed by atoms with Crippen molar-refractivity contribution in [1.29, 1.82) is 0 Å². The van der Waals surface area contributed by atoms with E-state index in [-0.39, 0.29) is 6.04 Å². The van der Waals surface area contributed by atoms with Gasteiger partial charge in [-0.3, -0.25) is 0 Å². The molecule has 0 saturated heterocycles. The first-order valence-electron chi connectivity index (χ1n) is 7.47. The first kappa shape index (κ1) is 14.4. The quantitative estimate of drug-likeness (QED) is 0.932. The van der Waals surface area contributed by atoms with Crippen LogP contribution in [0.4, 0.5) is 0 Å². The van der Waals surface area contributed by atoms with Gasteiger partial charge in [0.2, 0.25) is 0 Å². The van der Waals surface area contributed by atoms with Crippen LogP contribution in [-0.2, 0) is 6.42 Å². The molecule has 0 bridgehead atoms. The largest absolute Gasteiger partial charge is 0.490 e. The number of ether oxygens (including phenoxy) is 2. The van der Waals surface area contributed by atoms with Gasteiger partial charge in [0.25, 0.3) is 0 Å². The van der Waals surface area contributed by atoms with Crippen LogP contribution in [-0.4, -0.2) is 20.3 Å². The molecule has 0 spiro atoms. The smallest absolute Gasteiger partial charge is 0.161 e. The van der Waals surface area contributed by atoms with Crippen LogP contribution >= 0.6 is 11.3 Å². The number of hydrogen-bond donors (Lipinski definition) is 1. The molecule has 0 amide bonds. The lowest BCUT2D eigenvalue weighted by molar-refractivity contribution is 0.297. The average molecular weight is 303 g/mol. The zero-order valence-corrected chi connectivity index (χ0v) is 13.3. The van der Waals surface area contributed by atoms with Crippen LogP contribution in [0, 0.1) is 0 Å². The van der Waals surface area contributed by atoms with E-state index in [4.69, 9.17) is 9.47 Å². The van der Waals surface area contributed by atoms with Crippen molar-refractivity contribution < 1.29 is 9.47 Å². The number of benzene rings is 1. The van der Waals surface area contributed by atoms with Crippen LogP contribution in [0.2, 0.25) is 0 Å². The number of thiophene rings is 1. The Kier molecular flexibility index (Phi) is 4.46. The molecule has 1 unspecified atom stereocenters. The van der Waals surface area contributed by atoms with E-state index in [1.807, 2.05) is 24.5 Å². The lowest BCUT2D eigenvalue weighted by atomic mass is 10.0. The molecule has 0 saturated carbocycles. The monoisotopic (exact) mass is 303 g/mol. The molecule has 1 aromatic carbocycles. The molecule has 0 aliphatic carbocycles. The van der Waals surface area contributed by atoms with Gasteiger partial charge in [-0.25, -0.2) is 0 Å². The summed E-state index contributed by atoms with van der Waals surface area (Å²) in [5, 5.41) is 3.41. The van der Waals surface area contributed by atoms with E-state index in [9.17, 15) is 0 Å². The maximum atomic E-state index is 5.80. The minimum absolute atomic E-state index is 0.201. The highest BCUT2D eigenvalue weighted by molar-refractivity contribution is 7.12. The minimum Gasteiger partial charge on any atom is -0.490 e. The second-order valence-electron chi connectivity index (χ2n) is 5.14. The molecule has 0 fully saturated rings. The van der Waals surface area contributed by atoms with Crippen molar-refractivity contribution in [3.05, 3.63) is 45.6 Å². The number of nitrogens with one attached hydrogen (secondary N) is 1. The van der Waals surface area contributed by atoms with Gasteiger partial charge >= 0.3 is 0 Å². The molecule has 3 rings (SSSR count). The van der Waals surface area contributed by atoms with Crippen molar-refractivity contribution >= 4 is 11.3 Å². The molecule has 2 heterocycles. The summed E-state index contributed by atoms with van der Waals surface area (Å²) in [6.07, 6.45) is 2.02. The molecule has 0 radical (unpaired) electrons. The van der Waals surface area contributed by atoms with Gasteiger partial charge in [-0.15, -0.1) is 11.3 Å². The van der Waals surface area contributed by atoms with Crippen molar-refractivity contribution in [2.24, 2.45) is 0 Å². The third-order valence-electron chi connectivity index (χ3n) is 3.71. The molecular formula is C17H21NO2S. The SMILES string of the molecule is CCc1ccc(C(NC)c2ccc3c(c2)OCCCO3)s1. The van der Waals surface area contributed by atoms with Crippen molar-refractivity contribution in [1.82, 2.24) is 5.32 Å². The predicted octanol–water partition coefficient (Wildman–Crippen LogP) is 3.78. The summed E-state index contributed by atoms with van der Waals surface area (Å²) in [7, 11) is 2.00. The normalized spacial score (nSPS) is 15.5. The molecule has 1 atom stereocenters. The maximum Gasteiger partial charge on any atom is 0.161 e. The Balaban J connectivity index is 1.91. The fraction of sp³-hybridized carbons (Fsp3) is 0.412. The summed E-state index contributed by atoms with van der Waals surface area (Å²) in [5.41, 5.74) is 1.21. The summed E-state index contributed by atoms with van der Waals surface area (Å²) < 4.78 is 11.5. The second kappa shape index (κ2) is 6.50. The van der Waals surface area contributed by atoms with E-state index in [1.165, 1.54) is 15.3 Å². The maximum absolute atomic E-state index is 5.80. The topological polar surface area (TPSA) is 30.5 Å². The van der Waals surface area contributed by atoms with Crippen LogP contribution in [0.25, 0.3) is 0 Å². The summed E-state index contributed by atoms with van der Waals surface area (Å²) in [5.74, 6) is 1.71. The Morgan fingerprint density at radius 3 is 2.67 bits per heavy atom. The van der Waals surface area contributed by atoms with E-state index in [0.29, 0.717) is 0 Å². The van der Waals surface area contributed by atoms with Crippen molar-refractivity contribution in [2.75, 3.05) is 20.3 Å². The number of hydrogen-bond acceptors (Lipinski definition) is 4. The number of rotatable bonds is 4. The zero-order valence-electron chi connectivity index (χ0n) is 12.5.